The van der Waals surface area contributed by atoms with Gasteiger partial charge in [0.05, 0.1) is 10.2 Å². The summed E-state index contributed by atoms with van der Waals surface area (Å²) in [5.41, 5.74) is 8.36. The molecule has 7 heteroatoms. The highest BCUT2D eigenvalue weighted by atomic mass is 32.1. The fourth-order valence-corrected chi connectivity index (χ4v) is 2.89. The molecular weight excluding hydrogens is 334 g/mol. The van der Waals surface area contributed by atoms with Crippen molar-refractivity contribution in [2.75, 3.05) is 5.32 Å². The quantitative estimate of drug-likeness (QED) is 0.470. The molecular formula is C18H21N5OS. The normalized spacial score (nSPS) is 10.8. The van der Waals surface area contributed by atoms with Crippen molar-refractivity contribution in [3.63, 3.8) is 0 Å². The number of carbonyl (C=O) groups excluding carboxylic acids is 1. The fourth-order valence-electron chi connectivity index (χ4n) is 2.04. The molecule has 0 aliphatic rings. The summed E-state index contributed by atoms with van der Waals surface area (Å²) in [5, 5.41) is 5.68. The predicted octanol–water partition coefficient (Wildman–Crippen LogP) is 4.40. The van der Waals surface area contributed by atoms with Crippen LogP contribution in [-0.4, -0.2) is 17.0 Å². The maximum Gasteiger partial charge on any atom is 0.325 e. The second kappa shape index (κ2) is 8.79. The maximum atomic E-state index is 11.9. The number of urea groups is 1. The molecule has 0 radical (unpaired) electrons. The third-order valence-corrected chi connectivity index (χ3v) is 3.95. The van der Waals surface area contributed by atoms with Crippen LogP contribution in [0.4, 0.5) is 15.6 Å². The van der Waals surface area contributed by atoms with E-state index in [1.54, 1.807) is 6.07 Å². The Hall–Kier alpha value is -2.93. The number of nitrogens with zero attached hydrogens (tertiary/aromatic N) is 2. The summed E-state index contributed by atoms with van der Waals surface area (Å²) in [7, 11) is 0. The van der Waals surface area contributed by atoms with Crippen molar-refractivity contribution in [1.29, 1.82) is 0 Å². The van der Waals surface area contributed by atoms with E-state index in [9.17, 15) is 4.79 Å². The molecule has 0 spiro atoms. The number of amides is 2. The Morgan fingerprint density at radius 2 is 1.92 bits per heavy atom. The first-order valence-corrected chi connectivity index (χ1v) is 8.76. The van der Waals surface area contributed by atoms with Crippen LogP contribution in [0.2, 0.25) is 0 Å². The molecule has 2 aromatic carbocycles. The molecule has 130 valence electrons. The van der Waals surface area contributed by atoms with Crippen molar-refractivity contribution in [2.24, 2.45) is 10.7 Å². The van der Waals surface area contributed by atoms with Gasteiger partial charge in [0.25, 0.3) is 0 Å². The first-order chi connectivity index (χ1) is 12.1. The Morgan fingerprint density at radius 3 is 2.64 bits per heavy atom. The Balaban J connectivity index is 0.00000109. The number of nitrogens with two attached hydrogens (primary N) is 1. The van der Waals surface area contributed by atoms with Gasteiger partial charge in [0.15, 0.2) is 0 Å². The van der Waals surface area contributed by atoms with Gasteiger partial charge in [0.2, 0.25) is 11.1 Å². The highest BCUT2D eigenvalue weighted by Gasteiger charge is 2.06. The lowest BCUT2D eigenvalue weighted by Crippen LogP contribution is -2.39. The summed E-state index contributed by atoms with van der Waals surface area (Å²) in [6.07, 6.45) is 0. The Morgan fingerprint density at radius 1 is 1.16 bits per heavy atom. The highest BCUT2D eigenvalue weighted by molar-refractivity contribution is 7.22. The molecule has 6 nitrogen and oxygen atoms in total. The highest BCUT2D eigenvalue weighted by Crippen LogP contribution is 2.27. The first-order valence-electron chi connectivity index (χ1n) is 7.94. The number of aliphatic imine (C=N–C) groups is 1. The monoisotopic (exact) mass is 355 g/mol. The Kier molecular flexibility index (Phi) is 6.47. The average Bonchev–Trinajstić information content (AvgIpc) is 2.98. The minimum atomic E-state index is -0.446. The number of carbonyl (C=O) groups is 1. The van der Waals surface area contributed by atoms with Gasteiger partial charge in [-0.3, -0.25) is 5.32 Å². The summed E-state index contributed by atoms with van der Waals surface area (Å²) < 4.78 is 1.02. The van der Waals surface area contributed by atoms with E-state index < -0.39 is 6.03 Å². The maximum absolute atomic E-state index is 11.9. The number of nitrogens with one attached hydrogen (secondary N) is 2. The van der Waals surface area contributed by atoms with E-state index in [2.05, 4.69) is 20.6 Å². The van der Waals surface area contributed by atoms with Crippen LogP contribution in [0.15, 0.2) is 53.5 Å². The summed E-state index contributed by atoms with van der Waals surface area (Å²) in [6.45, 7) is 5.95. The molecule has 1 heterocycles. The van der Waals surface area contributed by atoms with E-state index in [0.717, 1.165) is 15.8 Å². The standard InChI is InChI=1S/C16H15N5OS.C2H6/c1-10-5-4-6-11(9-10)18-15(22)20-14(17)21-16-19-12-7-2-3-8-13(12)23-16;1-2/h2-9H,1H3,(H4,17,18,19,20,21,22);1-2H3. The van der Waals surface area contributed by atoms with Crippen LogP contribution in [0.3, 0.4) is 0 Å². The van der Waals surface area contributed by atoms with Crippen molar-refractivity contribution < 1.29 is 4.79 Å². The SMILES string of the molecule is CC.Cc1cccc(NC(=O)N/C(N)=N/c2nc3ccccc3s2)c1. The number of hydrogen-bond donors (Lipinski definition) is 3. The van der Waals surface area contributed by atoms with E-state index in [1.807, 2.05) is 63.2 Å². The van der Waals surface area contributed by atoms with Gasteiger partial charge in [-0.1, -0.05) is 49.4 Å². The van der Waals surface area contributed by atoms with E-state index in [0.29, 0.717) is 10.8 Å². The van der Waals surface area contributed by atoms with Crippen LogP contribution < -0.4 is 16.4 Å². The summed E-state index contributed by atoms with van der Waals surface area (Å²) in [6, 6.07) is 14.7. The van der Waals surface area contributed by atoms with Gasteiger partial charge in [-0.15, -0.1) is 0 Å². The van der Waals surface area contributed by atoms with Crippen LogP contribution in [0, 0.1) is 6.92 Å². The molecule has 0 unspecified atom stereocenters. The third kappa shape index (κ3) is 5.29. The number of aromatic nitrogens is 1. The van der Waals surface area contributed by atoms with E-state index in [-0.39, 0.29) is 5.96 Å². The molecule has 0 fully saturated rings. The minimum absolute atomic E-state index is 0.00536. The second-order valence-corrected chi connectivity index (χ2v) is 5.92. The van der Waals surface area contributed by atoms with Crippen LogP contribution in [0.1, 0.15) is 19.4 Å². The van der Waals surface area contributed by atoms with Gasteiger partial charge in [0, 0.05) is 5.69 Å². The molecule has 0 aliphatic carbocycles. The molecule has 0 atom stereocenters. The molecule has 1 aromatic heterocycles. The number of para-hydroxylation sites is 1. The van der Waals surface area contributed by atoms with Crippen molar-refractivity contribution in [3.8, 4) is 0 Å². The van der Waals surface area contributed by atoms with Crippen LogP contribution in [-0.2, 0) is 0 Å². The van der Waals surface area contributed by atoms with Gasteiger partial charge < -0.3 is 11.1 Å². The summed E-state index contributed by atoms with van der Waals surface area (Å²) in [4.78, 5) is 20.4. The largest absolute Gasteiger partial charge is 0.369 e. The summed E-state index contributed by atoms with van der Waals surface area (Å²) >= 11 is 1.41. The number of guanidine groups is 1. The predicted molar refractivity (Wildman–Crippen MR) is 106 cm³/mol. The number of rotatable bonds is 2. The zero-order chi connectivity index (χ0) is 18.2. The number of anilines is 1. The number of thiazole rings is 1. The zero-order valence-corrected chi connectivity index (χ0v) is 15.2. The molecule has 3 aromatic rings. The number of hydrogen-bond acceptors (Lipinski definition) is 4. The Labute approximate surface area is 150 Å². The van der Waals surface area contributed by atoms with Crippen LogP contribution >= 0.6 is 11.3 Å². The van der Waals surface area contributed by atoms with Gasteiger partial charge >= 0.3 is 6.03 Å². The van der Waals surface area contributed by atoms with Crippen LogP contribution in [0.5, 0.6) is 0 Å². The van der Waals surface area contributed by atoms with E-state index >= 15 is 0 Å². The van der Waals surface area contributed by atoms with Crippen molar-refractivity contribution in [3.05, 3.63) is 54.1 Å². The smallest absolute Gasteiger partial charge is 0.325 e. The van der Waals surface area contributed by atoms with E-state index in [4.69, 9.17) is 5.73 Å². The fraction of sp³-hybridized carbons (Fsp3) is 0.167. The first kappa shape index (κ1) is 18.4. The lowest BCUT2D eigenvalue weighted by molar-refractivity contribution is 0.256. The molecule has 0 aliphatic heterocycles. The molecule has 0 saturated heterocycles. The number of benzene rings is 2. The van der Waals surface area contributed by atoms with Crippen molar-refractivity contribution >= 4 is 44.4 Å². The second-order valence-electron chi connectivity index (χ2n) is 4.91. The van der Waals surface area contributed by atoms with Crippen molar-refractivity contribution in [2.45, 2.75) is 20.8 Å². The zero-order valence-electron chi connectivity index (χ0n) is 14.4. The molecule has 0 saturated carbocycles. The lowest BCUT2D eigenvalue weighted by Gasteiger charge is -2.07. The average molecular weight is 355 g/mol. The van der Waals surface area contributed by atoms with Crippen LogP contribution in [0.25, 0.3) is 10.2 Å². The molecule has 4 N–H and O–H groups in total. The topological polar surface area (TPSA) is 92.4 Å². The molecule has 3 rings (SSSR count). The summed E-state index contributed by atoms with van der Waals surface area (Å²) in [5.74, 6) is -0.00536. The molecule has 2 amide bonds. The third-order valence-electron chi connectivity index (χ3n) is 3.02. The van der Waals surface area contributed by atoms with Crippen molar-refractivity contribution in [1.82, 2.24) is 10.3 Å². The van der Waals surface area contributed by atoms with Gasteiger partial charge in [0.1, 0.15) is 0 Å². The minimum Gasteiger partial charge on any atom is -0.369 e. The van der Waals surface area contributed by atoms with Gasteiger partial charge in [-0.05, 0) is 36.8 Å². The number of fused-ring (bicyclic) bond motifs is 1. The van der Waals surface area contributed by atoms with Gasteiger partial charge in [-0.2, -0.15) is 4.99 Å². The Bertz CT molecular complexity index is 855. The van der Waals surface area contributed by atoms with Gasteiger partial charge in [-0.25, -0.2) is 9.78 Å². The lowest BCUT2D eigenvalue weighted by atomic mass is 10.2. The molecule has 0 bridgehead atoms. The molecule has 25 heavy (non-hydrogen) atoms. The number of aryl methyl sites for hydroxylation is 1. The van der Waals surface area contributed by atoms with E-state index in [1.165, 1.54) is 11.3 Å².